The molecule has 58 heavy (non-hydrogen) atoms. The summed E-state index contributed by atoms with van der Waals surface area (Å²) in [5, 5.41) is 6.61. The molecule has 0 saturated heterocycles. The quantitative estimate of drug-likeness (QED) is 0.165. The second kappa shape index (κ2) is 11.9. The van der Waals surface area contributed by atoms with E-state index in [4.69, 9.17) is 9.47 Å². The van der Waals surface area contributed by atoms with Crippen LogP contribution >= 0.6 is 45.3 Å². The molecule has 0 saturated carbocycles. The van der Waals surface area contributed by atoms with E-state index in [0.717, 1.165) is 42.5 Å². The maximum atomic E-state index is 14.1. The first-order chi connectivity index (χ1) is 28.1. The minimum Gasteiger partial charge on any atom is -0.418 e. The molecule has 0 unspecified atom stereocenters. The van der Waals surface area contributed by atoms with Gasteiger partial charge in [0.15, 0.2) is 11.5 Å². The van der Waals surface area contributed by atoms with Crippen LogP contribution in [-0.4, -0.2) is 11.9 Å². The van der Waals surface area contributed by atoms with Crippen molar-refractivity contribution in [1.82, 2.24) is 0 Å². The second-order valence-corrected chi connectivity index (χ2v) is 20.2. The second-order valence-electron chi connectivity index (χ2n) is 16.0. The van der Waals surface area contributed by atoms with Gasteiger partial charge in [0, 0.05) is 30.0 Å². The molecule has 0 fully saturated rings. The van der Waals surface area contributed by atoms with Gasteiger partial charge in [0.2, 0.25) is 0 Å². The zero-order chi connectivity index (χ0) is 39.2. The van der Waals surface area contributed by atoms with Crippen molar-refractivity contribution in [3.8, 4) is 0 Å². The lowest BCUT2D eigenvalue weighted by Gasteiger charge is -2.39. The summed E-state index contributed by atoms with van der Waals surface area (Å²) < 4.78 is 14.6. The van der Waals surface area contributed by atoms with Crippen LogP contribution < -0.4 is 9.80 Å². The van der Waals surface area contributed by atoms with Crippen molar-refractivity contribution in [3.63, 3.8) is 0 Å². The Labute approximate surface area is 350 Å². The number of hydrogen-bond acceptors (Lipinski definition) is 10. The van der Waals surface area contributed by atoms with Gasteiger partial charge >= 0.3 is 11.9 Å². The normalized spacial score (nSPS) is 17.4. The van der Waals surface area contributed by atoms with Gasteiger partial charge in [-0.3, -0.25) is 9.80 Å². The van der Waals surface area contributed by atoms with Crippen LogP contribution in [-0.2, 0) is 29.9 Å². The minimum atomic E-state index is -0.515. The van der Waals surface area contributed by atoms with Crippen molar-refractivity contribution in [2.75, 3.05) is 9.80 Å². The molecule has 0 N–H and O–H groups in total. The van der Waals surface area contributed by atoms with Gasteiger partial charge in [-0.2, -0.15) is 0 Å². The van der Waals surface area contributed by atoms with Crippen LogP contribution in [0.3, 0.4) is 0 Å². The molecule has 4 aliphatic rings. The zero-order valence-electron chi connectivity index (χ0n) is 31.7. The zero-order valence-corrected chi connectivity index (χ0v) is 35.0. The Morgan fingerprint density at radius 1 is 0.466 bits per heavy atom. The molecule has 4 aromatic heterocycles. The van der Waals surface area contributed by atoms with E-state index in [2.05, 4.69) is 159 Å². The number of benzene rings is 4. The van der Waals surface area contributed by atoms with Gasteiger partial charge in [0.1, 0.15) is 31.2 Å². The predicted octanol–water partition coefficient (Wildman–Crippen LogP) is 13.7. The Bertz CT molecular complexity index is 2930. The summed E-state index contributed by atoms with van der Waals surface area (Å²) in [6, 6.07) is 42.6. The number of carbonyl (C=O) groups excluding carboxylic acids is 2. The standard InChI is InChI=1S/C48H32N2O4S4/c1-47(2)27-15-7-9-17-31(27)49(37-21-25-13-5-11-19-33(25)55-37)43-29(47)23-35(57-43)39-41-42(54-45(39)51)40(46(52)53-41)36-24-30-44(58-36)50(32-18-10-8-16-28(32)48(30,3)4)38-22-26-14-6-12-20-34(26)56-38/h5-24H,1-4H3. The molecule has 0 spiro atoms. The number of rotatable bonds is 4. The number of fused-ring (bicyclic) bond motifs is 7. The summed E-state index contributed by atoms with van der Waals surface area (Å²) in [4.78, 5) is 34.2. The number of para-hydroxylation sites is 2. The summed E-state index contributed by atoms with van der Waals surface area (Å²) >= 11 is 6.56. The SMILES string of the molecule is CC1(C)c2ccccc2N(c2cc3ccccc3s2)c2sc(C3=C4OC(=O)C(c5cc6c(s5)N(c5cc7ccccc7s5)c5ccccc5C6(C)C)=C4OC3=O)cc21. The Morgan fingerprint density at radius 3 is 1.29 bits per heavy atom. The van der Waals surface area contributed by atoms with Gasteiger partial charge in [-0.1, -0.05) is 100 Å². The Kier molecular flexibility index (Phi) is 7.03. The number of carbonyl (C=O) groups is 2. The van der Waals surface area contributed by atoms with Gasteiger partial charge < -0.3 is 9.47 Å². The maximum Gasteiger partial charge on any atom is 0.349 e. The fraction of sp³-hybridized carbons (Fsp3) is 0.125. The van der Waals surface area contributed by atoms with E-state index < -0.39 is 11.9 Å². The van der Waals surface area contributed by atoms with Crippen LogP contribution in [0.25, 0.3) is 31.3 Å². The average Bonchev–Trinajstić information content (AvgIpc) is 4.07. The van der Waals surface area contributed by atoms with E-state index in [1.54, 1.807) is 22.7 Å². The topological polar surface area (TPSA) is 59.1 Å². The molecule has 0 bridgehead atoms. The lowest BCUT2D eigenvalue weighted by Crippen LogP contribution is -2.28. The third-order valence-electron chi connectivity index (χ3n) is 12.0. The van der Waals surface area contributed by atoms with Gasteiger partial charge in [-0.05, 0) is 81.6 Å². The average molecular weight is 829 g/mol. The summed E-state index contributed by atoms with van der Waals surface area (Å²) in [5.41, 5.74) is 6.66. The molecule has 4 aromatic carbocycles. The number of anilines is 6. The van der Waals surface area contributed by atoms with E-state index in [1.165, 1.54) is 54.0 Å². The molecule has 282 valence electrons. The van der Waals surface area contributed by atoms with E-state index in [9.17, 15) is 9.59 Å². The Hall–Kier alpha value is -5.78. The fourth-order valence-electron chi connectivity index (χ4n) is 9.05. The third kappa shape index (κ3) is 4.62. The first kappa shape index (κ1) is 34.3. The molecule has 6 nitrogen and oxygen atoms in total. The molecule has 4 aliphatic heterocycles. The highest BCUT2D eigenvalue weighted by molar-refractivity contribution is 7.24. The molecule has 0 amide bonds. The van der Waals surface area contributed by atoms with Crippen LogP contribution in [0.2, 0.25) is 0 Å². The summed E-state index contributed by atoms with van der Waals surface area (Å²) in [6.45, 7) is 8.92. The highest BCUT2D eigenvalue weighted by Gasteiger charge is 2.48. The monoisotopic (exact) mass is 828 g/mol. The Balaban J connectivity index is 1.01. The van der Waals surface area contributed by atoms with Gasteiger partial charge in [-0.25, -0.2) is 9.59 Å². The minimum absolute atomic E-state index is 0.197. The van der Waals surface area contributed by atoms with E-state index in [1.807, 2.05) is 0 Å². The maximum absolute atomic E-state index is 14.1. The lowest BCUT2D eigenvalue weighted by molar-refractivity contribution is -0.131. The third-order valence-corrected chi connectivity index (χ3v) is 16.5. The Morgan fingerprint density at radius 2 is 0.862 bits per heavy atom. The van der Waals surface area contributed by atoms with Gasteiger partial charge in [0.25, 0.3) is 0 Å². The molecule has 0 aliphatic carbocycles. The van der Waals surface area contributed by atoms with Crippen molar-refractivity contribution in [2.24, 2.45) is 0 Å². The molecule has 8 aromatic rings. The molecule has 10 heteroatoms. The van der Waals surface area contributed by atoms with Crippen molar-refractivity contribution >= 4 is 120 Å². The van der Waals surface area contributed by atoms with Gasteiger partial charge in [-0.15, -0.1) is 45.3 Å². The first-order valence-electron chi connectivity index (χ1n) is 19.1. The number of nitrogens with zero attached hydrogens (tertiary/aromatic N) is 2. The number of thiophene rings is 4. The van der Waals surface area contributed by atoms with E-state index >= 15 is 0 Å². The van der Waals surface area contributed by atoms with Crippen LogP contribution in [0.1, 0.15) is 59.7 Å². The van der Waals surface area contributed by atoms with Gasteiger partial charge in [0.05, 0.1) is 11.4 Å². The van der Waals surface area contributed by atoms with Crippen molar-refractivity contribution in [1.29, 1.82) is 0 Å². The molecule has 12 rings (SSSR count). The van der Waals surface area contributed by atoms with Crippen LogP contribution in [0.15, 0.2) is 133 Å². The fourth-order valence-corrected chi connectivity index (χ4v) is 14.1. The predicted molar refractivity (Wildman–Crippen MR) is 239 cm³/mol. The number of ether oxygens (including phenoxy) is 2. The molecular formula is C48H32N2O4S4. The highest BCUT2D eigenvalue weighted by Crippen LogP contribution is 2.60. The van der Waals surface area contributed by atoms with Crippen LogP contribution in [0.4, 0.5) is 31.4 Å². The first-order valence-corrected chi connectivity index (χ1v) is 22.3. The molecule has 0 atom stereocenters. The highest BCUT2D eigenvalue weighted by atomic mass is 32.1. The van der Waals surface area contributed by atoms with E-state index in [0.29, 0.717) is 9.75 Å². The molecule has 8 heterocycles. The largest absolute Gasteiger partial charge is 0.418 e. The van der Waals surface area contributed by atoms with E-state index in [-0.39, 0.29) is 33.5 Å². The van der Waals surface area contributed by atoms with Crippen LogP contribution in [0, 0.1) is 0 Å². The van der Waals surface area contributed by atoms with Crippen molar-refractivity contribution < 1.29 is 19.1 Å². The molecular weight excluding hydrogens is 797 g/mol. The summed E-state index contributed by atoms with van der Waals surface area (Å²) in [5.74, 6) is -0.637. The van der Waals surface area contributed by atoms with Crippen molar-refractivity contribution in [2.45, 2.75) is 38.5 Å². The summed E-state index contributed by atoms with van der Waals surface area (Å²) in [6.07, 6.45) is 0. The smallest absolute Gasteiger partial charge is 0.349 e. The van der Waals surface area contributed by atoms with Crippen LogP contribution in [0.5, 0.6) is 0 Å². The number of esters is 2. The van der Waals surface area contributed by atoms with Crippen molar-refractivity contribution in [3.05, 3.63) is 165 Å². The lowest BCUT2D eigenvalue weighted by atomic mass is 9.75. The number of hydrogen-bond donors (Lipinski definition) is 0. The molecule has 0 radical (unpaired) electrons. The summed E-state index contributed by atoms with van der Waals surface area (Å²) in [7, 11) is 0.